The van der Waals surface area contributed by atoms with Crippen molar-refractivity contribution in [2.24, 2.45) is 0 Å². The number of likely N-dealkylation sites (tertiary alicyclic amines) is 1. The molecule has 0 aromatic carbocycles. The molecular weight excluding hydrogens is 340 g/mol. The maximum Gasteiger partial charge on any atom is 0.261 e. The van der Waals surface area contributed by atoms with Crippen LogP contribution in [0.4, 0.5) is 0 Å². The summed E-state index contributed by atoms with van der Waals surface area (Å²) in [7, 11) is 0. The lowest BCUT2D eigenvalue weighted by atomic mass is 9.82. The van der Waals surface area contributed by atoms with Gasteiger partial charge in [0.2, 0.25) is 5.91 Å². The molecule has 3 aliphatic rings. The van der Waals surface area contributed by atoms with E-state index in [1.807, 2.05) is 6.07 Å². The average molecular weight is 364 g/mol. The van der Waals surface area contributed by atoms with Crippen LogP contribution in [0.15, 0.2) is 6.07 Å². The first-order chi connectivity index (χ1) is 12.1. The van der Waals surface area contributed by atoms with Crippen molar-refractivity contribution in [3.8, 4) is 0 Å². The highest BCUT2D eigenvalue weighted by atomic mass is 32.1. The summed E-state index contributed by atoms with van der Waals surface area (Å²) in [4.78, 5) is 27.9. The fraction of sp³-hybridized carbons (Fsp3) is 0.667. The van der Waals surface area contributed by atoms with E-state index < -0.39 is 6.61 Å². The zero-order chi connectivity index (χ0) is 17.4. The van der Waals surface area contributed by atoms with Crippen molar-refractivity contribution < 1.29 is 19.4 Å². The zero-order valence-corrected chi connectivity index (χ0v) is 15.1. The van der Waals surface area contributed by atoms with Crippen molar-refractivity contribution in [1.29, 1.82) is 0 Å². The lowest BCUT2D eigenvalue weighted by Crippen LogP contribution is -2.48. The summed E-state index contributed by atoms with van der Waals surface area (Å²) in [6.45, 7) is 1.38. The van der Waals surface area contributed by atoms with Gasteiger partial charge in [0.1, 0.15) is 6.61 Å². The predicted octanol–water partition coefficient (Wildman–Crippen LogP) is 1.41. The van der Waals surface area contributed by atoms with Crippen LogP contribution in [-0.4, -0.2) is 54.2 Å². The number of nitrogens with zero attached hydrogens (tertiary/aromatic N) is 1. The van der Waals surface area contributed by atoms with E-state index in [0.717, 1.165) is 29.7 Å². The summed E-state index contributed by atoms with van der Waals surface area (Å²) >= 11 is 1.59. The Kier molecular flexibility index (Phi) is 4.56. The molecule has 4 rings (SSSR count). The summed E-state index contributed by atoms with van der Waals surface area (Å²) in [5.74, 6) is -0.191. The minimum Gasteiger partial charge on any atom is -0.387 e. The molecule has 2 aliphatic heterocycles. The lowest BCUT2D eigenvalue weighted by Gasteiger charge is -2.43. The van der Waals surface area contributed by atoms with E-state index in [-0.39, 0.29) is 17.4 Å². The highest BCUT2D eigenvalue weighted by Crippen LogP contribution is 2.44. The molecule has 0 unspecified atom stereocenters. The molecule has 1 aromatic heterocycles. The fourth-order valence-electron chi connectivity index (χ4n) is 3.97. The topological polar surface area (TPSA) is 78.9 Å². The monoisotopic (exact) mass is 364 g/mol. The largest absolute Gasteiger partial charge is 0.387 e. The zero-order valence-electron chi connectivity index (χ0n) is 14.3. The molecule has 0 radical (unpaired) electrons. The molecule has 7 heteroatoms. The van der Waals surface area contributed by atoms with Crippen LogP contribution in [0.2, 0.25) is 0 Å². The van der Waals surface area contributed by atoms with Gasteiger partial charge >= 0.3 is 0 Å². The van der Waals surface area contributed by atoms with E-state index >= 15 is 0 Å². The van der Waals surface area contributed by atoms with Gasteiger partial charge in [0.05, 0.1) is 17.1 Å². The van der Waals surface area contributed by atoms with Gasteiger partial charge < -0.3 is 20.1 Å². The normalized spacial score (nSPS) is 22.4. The molecule has 1 saturated heterocycles. The molecule has 2 fully saturated rings. The Balaban J connectivity index is 1.52. The van der Waals surface area contributed by atoms with Gasteiger partial charge in [-0.25, -0.2) is 0 Å². The van der Waals surface area contributed by atoms with E-state index in [2.05, 4.69) is 5.32 Å². The Hall–Kier alpha value is -1.44. The van der Waals surface area contributed by atoms with Crippen molar-refractivity contribution in [1.82, 2.24) is 10.2 Å². The van der Waals surface area contributed by atoms with Gasteiger partial charge in [-0.15, -0.1) is 11.3 Å². The molecule has 1 spiro atoms. The third kappa shape index (κ3) is 3.09. The van der Waals surface area contributed by atoms with Crippen LogP contribution in [0.25, 0.3) is 0 Å². The maximum atomic E-state index is 12.5. The third-order valence-electron chi connectivity index (χ3n) is 5.73. The number of carbonyl (C=O) groups excluding carboxylic acids is 2. The van der Waals surface area contributed by atoms with E-state index in [9.17, 15) is 9.59 Å². The number of carbonyl (C=O) groups is 2. The summed E-state index contributed by atoms with van der Waals surface area (Å²) < 4.78 is 6.18. The van der Waals surface area contributed by atoms with Gasteiger partial charge in [-0.2, -0.15) is 0 Å². The standard InChI is InChI=1S/C18H24N2O4S/c21-11-16(22)20-7-5-18(6-8-20)13-10-15(25-14(13)4-9-24-18)17(23)19-12-2-1-3-12/h10,12,21H,1-9,11H2,(H,19,23). The molecule has 0 bridgehead atoms. The molecule has 136 valence electrons. The number of aliphatic hydroxyl groups excluding tert-OH is 1. The Morgan fingerprint density at radius 1 is 1.36 bits per heavy atom. The van der Waals surface area contributed by atoms with Gasteiger partial charge in [0, 0.05) is 30.4 Å². The van der Waals surface area contributed by atoms with E-state index in [1.54, 1.807) is 16.2 Å². The number of nitrogens with one attached hydrogen (secondary N) is 1. The highest BCUT2D eigenvalue weighted by Gasteiger charge is 2.43. The first-order valence-corrected chi connectivity index (χ1v) is 9.89. The Labute approximate surface area is 151 Å². The minimum atomic E-state index is -0.441. The Morgan fingerprint density at radius 3 is 2.76 bits per heavy atom. The second-order valence-electron chi connectivity index (χ2n) is 7.18. The lowest BCUT2D eigenvalue weighted by molar-refractivity contribution is -0.143. The minimum absolute atomic E-state index is 0.0344. The molecule has 1 aliphatic carbocycles. The fourth-order valence-corrected chi connectivity index (χ4v) is 5.10. The van der Waals surface area contributed by atoms with Crippen LogP contribution in [0.5, 0.6) is 0 Å². The molecule has 6 nitrogen and oxygen atoms in total. The summed E-state index contributed by atoms with van der Waals surface area (Å²) in [6, 6.07) is 2.35. The van der Waals surface area contributed by atoms with Crippen LogP contribution in [0.1, 0.15) is 52.2 Å². The molecule has 25 heavy (non-hydrogen) atoms. The first-order valence-electron chi connectivity index (χ1n) is 9.08. The van der Waals surface area contributed by atoms with Crippen molar-refractivity contribution in [2.45, 2.75) is 50.2 Å². The van der Waals surface area contributed by atoms with Crippen molar-refractivity contribution >= 4 is 23.2 Å². The van der Waals surface area contributed by atoms with Gasteiger partial charge in [-0.1, -0.05) is 0 Å². The quantitative estimate of drug-likeness (QED) is 0.850. The number of piperidine rings is 1. The number of ether oxygens (including phenoxy) is 1. The average Bonchev–Trinajstić information content (AvgIpc) is 3.04. The first kappa shape index (κ1) is 17.0. The number of aliphatic hydroxyl groups is 1. The molecule has 2 N–H and O–H groups in total. The molecular formula is C18H24N2O4S. The van der Waals surface area contributed by atoms with E-state index in [4.69, 9.17) is 9.84 Å². The summed E-state index contributed by atoms with van der Waals surface area (Å²) in [5.41, 5.74) is 0.754. The molecule has 3 heterocycles. The Morgan fingerprint density at radius 2 is 2.12 bits per heavy atom. The molecule has 1 aromatic rings. The second kappa shape index (κ2) is 6.70. The number of amides is 2. The van der Waals surface area contributed by atoms with Crippen LogP contribution in [-0.2, 0) is 21.6 Å². The van der Waals surface area contributed by atoms with Crippen LogP contribution >= 0.6 is 11.3 Å². The third-order valence-corrected chi connectivity index (χ3v) is 6.92. The van der Waals surface area contributed by atoms with Gasteiger partial charge in [0.15, 0.2) is 0 Å². The molecule has 2 amide bonds. The predicted molar refractivity (Wildman–Crippen MR) is 93.7 cm³/mol. The smallest absolute Gasteiger partial charge is 0.261 e. The van der Waals surface area contributed by atoms with Gasteiger partial charge in [-0.05, 0) is 43.7 Å². The number of hydrogen-bond donors (Lipinski definition) is 2. The number of fused-ring (bicyclic) bond motifs is 2. The van der Waals surface area contributed by atoms with E-state index in [0.29, 0.717) is 38.6 Å². The number of hydrogen-bond acceptors (Lipinski definition) is 5. The number of rotatable bonds is 3. The van der Waals surface area contributed by atoms with Crippen molar-refractivity contribution in [3.63, 3.8) is 0 Å². The van der Waals surface area contributed by atoms with Crippen molar-refractivity contribution in [3.05, 3.63) is 21.4 Å². The van der Waals surface area contributed by atoms with Crippen LogP contribution in [0.3, 0.4) is 0 Å². The molecule has 0 atom stereocenters. The molecule has 1 saturated carbocycles. The maximum absolute atomic E-state index is 12.5. The highest BCUT2D eigenvalue weighted by molar-refractivity contribution is 7.14. The summed E-state index contributed by atoms with van der Waals surface area (Å²) in [5, 5.41) is 12.2. The second-order valence-corrected chi connectivity index (χ2v) is 8.32. The van der Waals surface area contributed by atoms with Crippen LogP contribution < -0.4 is 5.32 Å². The van der Waals surface area contributed by atoms with Crippen LogP contribution in [0, 0.1) is 0 Å². The number of thiophene rings is 1. The SMILES string of the molecule is O=C(NC1CCC1)c1cc2c(s1)CCOC21CCN(C(=O)CO)CC1. The summed E-state index contributed by atoms with van der Waals surface area (Å²) in [6.07, 6.45) is 5.64. The van der Waals surface area contributed by atoms with Gasteiger partial charge in [-0.3, -0.25) is 9.59 Å². The van der Waals surface area contributed by atoms with Gasteiger partial charge in [0.25, 0.3) is 5.91 Å². The van der Waals surface area contributed by atoms with Crippen molar-refractivity contribution in [2.75, 3.05) is 26.3 Å². The van der Waals surface area contributed by atoms with E-state index in [1.165, 1.54) is 11.3 Å². The Bertz CT molecular complexity index is 675.